The minimum absolute atomic E-state index is 0.255. The molecule has 2 aromatic heterocycles. The molecule has 0 atom stereocenters. The number of halogens is 1. The molecular weight excluding hydrogens is 322 g/mol. The summed E-state index contributed by atoms with van der Waals surface area (Å²) in [5.74, 6) is -0.496. The Morgan fingerprint density at radius 2 is 2.18 bits per heavy atom. The lowest BCUT2D eigenvalue weighted by atomic mass is 10.3. The lowest BCUT2D eigenvalue weighted by molar-refractivity contribution is 0.0561. The molecule has 0 saturated heterocycles. The number of hydrogen-bond donors (Lipinski definition) is 0. The van der Waals surface area contributed by atoms with Crippen molar-refractivity contribution in [3.05, 3.63) is 45.9 Å². The SMILES string of the molecule is Cc1nn(-c2ccc(Cl)cc2)c2sc(C(=O)OCC#N)cc12. The van der Waals surface area contributed by atoms with Crippen molar-refractivity contribution in [1.82, 2.24) is 9.78 Å². The predicted octanol–water partition coefficient (Wildman–Crippen LogP) is 3.73. The number of nitriles is 1. The molecule has 22 heavy (non-hydrogen) atoms. The second kappa shape index (κ2) is 5.79. The first-order valence-electron chi connectivity index (χ1n) is 6.39. The van der Waals surface area contributed by atoms with Gasteiger partial charge < -0.3 is 4.74 Å². The third-order valence-corrected chi connectivity index (χ3v) is 4.43. The third-order valence-electron chi connectivity index (χ3n) is 3.08. The van der Waals surface area contributed by atoms with Gasteiger partial charge in [0, 0.05) is 10.4 Å². The number of nitrogens with zero attached hydrogens (tertiary/aromatic N) is 3. The van der Waals surface area contributed by atoms with Gasteiger partial charge in [-0.2, -0.15) is 10.4 Å². The Bertz CT molecular complexity index is 890. The lowest BCUT2D eigenvalue weighted by Gasteiger charge is -2.02. The van der Waals surface area contributed by atoms with E-state index in [2.05, 4.69) is 5.10 Å². The molecule has 0 spiro atoms. The topological polar surface area (TPSA) is 67.9 Å². The van der Waals surface area contributed by atoms with Crippen LogP contribution < -0.4 is 0 Å². The maximum atomic E-state index is 11.9. The van der Waals surface area contributed by atoms with E-state index in [-0.39, 0.29) is 6.61 Å². The Morgan fingerprint density at radius 3 is 2.86 bits per heavy atom. The molecule has 5 nitrogen and oxygen atoms in total. The number of thiophene rings is 1. The Kier molecular flexibility index (Phi) is 3.84. The molecule has 1 aromatic carbocycles. The van der Waals surface area contributed by atoms with E-state index in [0.29, 0.717) is 9.90 Å². The van der Waals surface area contributed by atoms with Gasteiger partial charge in [0.25, 0.3) is 0 Å². The first-order chi connectivity index (χ1) is 10.6. The van der Waals surface area contributed by atoms with Crippen LogP contribution in [0.3, 0.4) is 0 Å². The molecule has 110 valence electrons. The summed E-state index contributed by atoms with van der Waals surface area (Å²) in [6.45, 7) is 1.63. The number of fused-ring (bicyclic) bond motifs is 1. The van der Waals surface area contributed by atoms with Crippen molar-refractivity contribution in [3.8, 4) is 11.8 Å². The monoisotopic (exact) mass is 331 g/mol. The van der Waals surface area contributed by atoms with Crippen LogP contribution >= 0.6 is 22.9 Å². The second-order valence-electron chi connectivity index (χ2n) is 4.54. The summed E-state index contributed by atoms with van der Waals surface area (Å²) in [7, 11) is 0. The molecule has 0 aliphatic heterocycles. The van der Waals surface area contributed by atoms with Crippen LogP contribution in [0.5, 0.6) is 0 Å². The second-order valence-corrected chi connectivity index (χ2v) is 6.00. The summed E-state index contributed by atoms with van der Waals surface area (Å²) in [6, 6.07) is 10.8. The Morgan fingerprint density at radius 1 is 1.45 bits per heavy atom. The molecule has 3 aromatic rings. The lowest BCUT2D eigenvalue weighted by Crippen LogP contribution is -2.02. The minimum atomic E-state index is -0.496. The van der Waals surface area contributed by atoms with Gasteiger partial charge in [-0.15, -0.1) is 11.3 Å². The molecule has 2 heterocycles. The standard InChI is InChI=1S/C15H10ClN3O2S/c1-9-12-8-13(15(20)21-7-6-17)22-14(12)19(18-9)11-4-2-10(16)3-5-11/h2-5,8H,7H2,1H3. The number of rotatable bonds is 3. The van der Waals surface area contributed by atoms with E-state index < -0.39 is 5.97 Å². The molecule has 3 rings (SSSR count). The van der Waals surface area contributed by atoms with E-state index in [4.69, 9.17) is 21.6 Å². The normalized spacial score (nSPS) is 10.6. The summed E-state index contributed by atoms with van der Waals surface area (Å²) >= 11 is 7.19. The summed E-state index contributed by atoms with van der Waals surface area (Å²) in [6.07, 6.45) is 0. The van der Waals surface area contributed by atoms with E-state index in [9.17, 15) is 4.79 Å². The highest BCUT2D eigenvalue weighted by atomic mass is 35.5. The highest BCUT2D eigenvalue weighted by Crippen LogP contribution is 2.31. The summed E-state index contributed by atoms with van der Waals surface area (Å²) < 4.78 is 6.61. The molecule has 0 fully saturated rings. The van der Waals surface area contributed by atoms with Crippen LogP contribution in [0.1, 0.15) is 15.4 Å². The van der Waals surface area contributed by atoms with Gasteiger partial charge in [0.05, 0.1) is 11.4 Å². The van der Waals surface area contributed by atoms with Crippen molar-refractivity contribution in [3.63, 3.8) is 0 Å². The van der Waals surface area contributed by atoms with E-state index in [1.165, 1.54) is 11.3 Å². The van der Waals surface area contributed by atoms with Crippen molar-refractivity contribution in [2.45, 2.75) is 6.92 Å². The van der Waals surface area contributed by atoms with E-state index >= 15 is 0 Å². The summed E-state index contributed by atoms with van der Waals surface area (Å²) in [5.41, 5.74) is 1.68. The highest BCUT2D eigenvalue weighted by molar-refractivity contribution is 7.20. The Labute approximate surface area is 135 Å². The fourth-order valence-corrected chi connectivity index (χ4v) is 3.28. The number of carbonyl (C=O) groups is 1. The van der Waals surface area contributed by atoms with Crippen LogP contribution in [0.15, 0.2) is 30.3 Å². The van der Waals surface area contributed by atoms with Gasteiger partial charge in [0.2, 0.25) is 0 Å². The van der Waals surface area contributed by atoms with Gasteiger partial charge >= 0.3 is 5.97 Å². The summed E-state index contributed by atoms with van der Waals surface area (Å²) in [4.78, 5) is 13.2. The maximum Gasteiger partial charge on any atom is 0.349 e. The molecule has 0 bridgehead atoms. The smallest absolute Gasteiger partial charge is 0.349 e. The Balaban J connectivity index is 2.05. The predicted molar refractivity (Wildman–Crippen MR) is 84.6 cm³/mol. The Hall–Kier alpha value is -2.36. The zero-order valence-corrected chi connectivity index (χ0v) is 13.1. The highest BCUT2D eigenvalue weighted by Gasteiger charge is 2.18. The number of aryl methyl sites for hydroxylation is 1. The molecule has 0 radical (unpaired) electrons. The minimum Gasteiger partial charge on any atom is -0.446 e. The van der Waals surface area contributed by atoms with E-state index in [1.807, 2.05) is 19.1 Å². The van der Waals surface area contributed by atoms with E-state index in [0.717, 1.165) is 21.6 Å². The number of aromatic nitrogens is 2. The van der Waals surface area contributed by atoms with Gasteiger partial charge in [-0.25, -0.2) is 9.48 Å². The first kappa shape index (κ1) is 14.6. The number of ether oxygens (including phenoxy) is 1. The average molecular weight is 332 g/mol. The number of carbonyl (C=O) groups excluding carboxylic acids is 1. The van der Waals surface area contributed by atoms with Gasteiger partial charge in [-0.05, 0) is 37.3 Å². The van der Waals surface area contributed by atoms with Crippen molar-refractivity contribution in [1.29, 1.82) is 5.26 Å². The quantitative estimate of drug-likeness (QED) is 0.686. The largest absolute Gasteiger partial charge is 0.446 e. The molecule has 7 heteroatoms. The first-order valence-corrected chi connectivity index (χ1v) is 7.59. The average Bonchev–Trinajstić information content (AvgIpc) is 3.07. The van der Waals surface area contributed by atoms with Gasteiger partial charge in [-0.3, -0.25) is 0 Å². The molecule has 0 saturated carbocycles. The van der Waals surface area contributed by atoms with Crippen LogP contribution in [0.2, 0.25) is 5.02 Å². The number of esters is 1. The van der Waals surface area contributed by atoms with Gasteiger partial charge in [0.15, 0.2) is 6.61 Å². The van der Waals surface area contributed by atoms with Crippen LogP contribution in [-0.2, 0) is 4.74 Å². The third kappa shape index (κ3) is 2.56. The number of benzene rings is 1. The zero-order valence-electron chi connectivity index (χ0n) is 11.5. The van der Waals surface area contributed by atoms with Crippen LogP contribution in [0.25, 0.3) is 15.9 Å². The van der Waals surface area contributed by atoms with E-state index in [1.54, 1.807) is 29.0 Å². The van der Waals surface area contributed by atoms with Gasteiger partial charge in [0.1, 0.15) is 15.8 Å². The fraction of sp³-hybridized carbons (Fsp3) is 0.133. The van der Waals surface area contributed by atoms with Crippen LogP contribution in [-0.4, -0.2) is 22.4 Å². The number of hydrogen-bond acceptors (Lipinski definition) is 5. The molecule has 0 amide bonds. The molecular formula is C15H10ClN3O2S. The van der Waals surface area contributed by atoms with Crippen molar-refractivity contribution in [2.24, 2.45) is 0 Å². The molecule has 0 aliphatic carbocycles. The zero-order chi connectivity index (χ0) is 15.7. The van der Waals surface area contributed by atoms with Crippen molar-refractivity contribution in [2.75, 3.05) is 6.61 Å². The maximum absolute atomic E-state index is 11.9. The van der Waals surface area contributed by atoms with Gasteiger partial charge in [-0.1, -0.05) is 11.6 Å². The molecule has 0 unspecified atom stereocenters. The van der Waals surface area contributed by atoms with Crippen molar-refractivity contribution < 1.29 is 9.53 Å². The van der Waals surface area contributed by atoms with Crippen LogP contribution in [0.4, 0.5) is 0 Å². The van der Waals surface area contributed by atoms with Crippen LogP contribution in [0, 0.1) is 18.3 Å². The van der Waals surface area contributed by atoms with Crippen molar-refractivity contribution >= 4 is 39.1 Å². The fourth-order valence-electron chi connectivity index (χ4n) is 2.07. The molecule has 0 N–H and O–H groups in total. The molecule has 0 aliphatic rings. The summed E-state index contributed by atoms with van der Waals surface area (Å²) in [5, 5.41) is 14.5.